The van der Waals surface area contributed by atoms with Crippen molar-refractivity contribution in [2.24, 2.45) is 0 Å². The molecule has 1 heterocycles. The highest BCUT2D eigenvalue weighted by Crippen LogP contribution is 2.32. The summed E-state index contributed by atoms with van der Waals surface area (Å²) in [6.07, 6.45) is 1.10. The van der Waals surface area contributed by atoms with Crippen LogP contribution in [0.15, 0.2) is 28.7 Å². The molecule has 0 bridgehead atoms. The predicted molar refractivity (Wildman–Crippen MR) is 69.5 cm³/mol. The van der Waals surface area contributed by atoms with Gasteiger partial charge in [0, 0.05) is 0 Å². The maximum Gasteiger partial charge on any atom is 0.387 e. The number of benzene rings is 1. The lowest BCUT2D eigenvalue weighted by Gasteiger charge is -2.07. The number of aromatic nitrogens is 1. The van der Waals surface area contributed by atoms with Crippen molar-refractivity contribution in [1.29, 1.82) is 0 Å². The van der Waals surface area contributed by atoms with Gasteiger partial charge in [0.25, 0.3) is 0 Å². The van der Waals surface area contributed by atoms with Gasteiger partial charge in [0.1, 0.15) is 5.75 Å². The fourth-order valence-electron chi connectivity index (χ4n) is 1.88. The molecule has 1 aromatic carbocycles. The molecule has 21 heavy (non-hydrogen) atoms. The molecule has 0 spiro atoms. The van der Waals surface area contributed by atoms with E-state index in [1.807, 2.05) is 6.92 Å². The van der Waals surface area contributed by atoms with Crippen LogP contribution in [-0.4, -0.2) is 22.7 Å². The molecule has 5 nitrogen and oxygen atoms in total. The number of rotatable bonds is 6. The maximum atomic E-state index is 12.4. The molecule has 1 aromatic heterocycles. The van der Waals surface area contributed by atoms with Crippen LogP contribution >= 0.6 is 0 Å². The molecule has 112 valence electrons. The van der Waals surface area contributed by atoms with Crippen LogP contribution in [0.5, 0.6) is 5.75 Å². The third kappa shape index (κ3) is 3.36. The molecule has 0 aliphatic carbocycles. The number of ether oxygens (including phenoxy) is 1. The number of para-hydroxylation sites is 1. The van der Waals surface area contributed by atoms with Gasteiger partial charge in [0.15, 0.2) is 0 Å². The second kappa shape index (κ2) is 6.34. The van der Waals surface area contributed by atoms with Crippen LogP contribution in [0, 0.1) is 0 Å². The number of hydrogen-bond acceptors (Lipinski definition) is 4. The van der Waals surface area contributed by atoms with Gasteiger partial charge in [-0.2, -0.15) is 8.78 Å². The number of carbonyl (C=O) groups is 1. The number of carboxylic acid groups (broad SMARTS) is 1. The van der Waals surface area contributed by atoms with Gasteiger partial charge in [-0.15, -0.1) is 0 Å². The first-order chi connectivity index (χ1) is 10.0. The quantitative estimate of drug-likeness (QED) is 0.882. The Morgan fingerprint density at radius 3 is 2.76 bits per heavy atom. The Balaban J connectivity index is 2.47. The third-order valence-corrected chi connectivity index (χ3v) is 2.71. The van der Waals surface area contributed by atoms with Crippen LogP contribution in [0.2, 0.25) is 0 Å². The molecular weight excluding hydrogens is 284 g/mol. The predicted octanol–water partition coefficient (Wildman–Crippen LogP) is 3.59. The average Bonchev–Trinajstić information content (AvgIpc) is 2.83. The monoisotopic (exact) mass is 297 g/mol. The second-order valence-electron chi connectivity index (χ2n) is 4.22. The van der Waals surface area contributed by atoms with E-state index in [0.29, 0.717) is 12.8 Å². The maximum absolute atomic E-state index is 12.4. The summed E-state index contributed by atoms with van der Waals surface area (Å²) in [5, 5.41) is 9.08. The summed E-state index contributed by atoms with van der Waals surface area (Å²) in [5.74, 6) is -1.69. The van der Waals surface area contributed by atoms with E-state index in [1.54, 1.807) is 6.07 Å². The number of nitrogens with zero attached hydrogens (tertiary/aromatic N) is 1. The molecule has 0 unspecified atom stereocenters. The van der Waals surface area contributed by atoms with Gasteiger partial charge in [-0.1, -0.05) is 25.5 Å². The highest BCUT2D eigenvalue weighted by atomic mass is 19.3. The number of oxazole rings is 1. The smallest absolute Gasteiger partial charge is 0.387 e. The van der Waals surface area contributed by atoms with Crippen molar-refractivity contribution in [1.82, 2.24) is 4.98 Å². The van der Waals surface area contributed by atoms with Crippen molar-refractivity contribution in [2.45, 2.75) is 26.4 Å². The van der Waals surface area contributed by atoms with Crippen molar-refractivity contribution in [3.63, 3.8) is 0 Å². The first kappa shape index (κ1) is 15.0. The highest BCUT2D eigenvalue weighted by Gasteiger charge is 2.22. The number of aromatic carboxylic acids is 1. The fourth-order valence-corrected chi connectivity index (χ4v) is 1.88. The minimum atomic E-state index is -2.99. The molecule has 2 aromatic rings. The van der Waals surface area contributed by atoms with E-state index in [-0.39, 0.29) is 28.7 Å². The van der Waals surface area contributed by atoms with E-state index in [1.165, 1.54) is 18.2 Å². The van der Waals surface area contributed by atoms with Crippen molar-refractivity contribution < 1.29 is 27.8 Å². The Morgan fingerprint density at radius 2 is 2.14 bits per heavy atom. The molecule has 1 N–H and O–H groups in total. The first-order valence-electron chi connectivity index (χ1n) is 6.30. The van der Waals surface area contributed by atoms with Gasteiger partial charge in [0.05, 0.1) is 11.3 Å². The molecule has 0 fully saturated rings. The molecule has 0 saturated heterocycles. The largest absolute Gasteiger partial charge is 0.475 e. The van der Waals surface area contributed by atoms with Gasteiger partial charge in [-0.3, -0.25) is 0 Å². The number of alkyl halides is 2. The number of carboxylic acids is 1. The molecule has 0 aliphatic rings. The van der Waals surface area contributed by atoms with E-state index in [0.717, 1.165) is 0 Å². The van der Waals surface area contributed by atoms with Gasteiger partial charge >= 0.3 is 12.6 Å². The summed E-state index contributed by atoms with van der Waals surface area (Å²) in [6.45, 7) is -1.12. The van der Waals surface area contributed by atoms with Crippen LogP contribution in [0.4, 0.5) is 8.78 Å². The molecular formula is C14H13F2NO4. The zero-order chi connectivity index (χ0) is 15.4. The van der Waals surface area contributed by atoms with Gasteiger partial charge < -0.3 is 14.3 Å². The Labute approximate surface area is 119 Å². The molecule has 0 aliphatic heterocycles. The Hall–Kier alpha value is -2.44. The normalized spacial score (nSPS) is 10.9. The van der Waals surface area contributed by atoms with Crippen LogP contribution < -0.4 is 4.74 Å². The average molecular weight is 297 g/mol. The molecule has 0 saturated carbocycles. The lowest BCUT2D eigenvalue weighted by molar-refractivity contribution is -0.0495. The van der Waals surface area contributed by atoms with E-state index < -0.39 is 12.6 Å². The van der Waals surface area contributed by atoms with E-state index >= 15 is 0 Å². The molecule has 0 atom stereocenters. The summed E-state index contributed by atoms with van der Waals surface area (Å²) >= 11 is 0. The Kier molecular flexibility index (Phi) is 4.52. The van der Waals surface area contributed by atoms with Crippen LogP contribution in [-0.2, 0) is 6.42 Å². The fraction of sp³-hybridized carbons (Fsp3) is 0.286. The molecule has 7 heteroatoms. The Bertz CT molecular complexity index is 640. The summed E-state index contributed by atoms with van der Waals surface area (Å²) in [4.78, 5) is 15.2. The van der Waals surface area contributed by atoms with Crippen molar-refractivity contribution in [2.75, 3.05) is 0 Å². The topological polar surface area (TPSA) is 72.6 Å². The van der Waals surface area contributed by atoms with Crippen LogP contribution in [0.1, 0.15) is 29.6 Å². The Morgan fingerprint density at radius 1 is 1.43 bits per heavy atom. The minimum absolute atomic E-state index is 0.0490. The summed E-state index contributed by atoms with van der Waals surface area (Å²) in [6, 6.07) is 5.93. The van der Waals surface area contributed by atoms with Crippen LogP contribution in [0.25, 0.3) is 11.5 Å². The first-order valence-corrected chi connectivity index (χ1v) is 6.30. The second-order valence-corrected chi connectivity index (χ2v) is 4.22. The van der Waals surface area contributed by atoms with Gasteiger partial charge in [-0.05, 0) is 18.6 Å². The lowest BCUT2D eigenvalue weighted by atomic mass is 10.2. The van der Waals surface area contributed by atoms with Crippen molar-refractivity contribution in [3.05, 3.63) is 35.7 Å². The zero-order valence-corrected chi connectivity index (χ0v) is 11.2. The van der Waals surface area contributed by atoms with Gasteiger partial charge in [0.2, 0.25) is 11.7 Å². The molecule has 0 radical (unpaired) electrons. The number of halogens is 2. The van der Waals surface area contributed by atoms with E-state index in [2.05, 4.69) is 9.72 Å². The zero-order valence-electron chi connectivity index (χ0n) is 11.2. The van der Waals surface area contributed by atoms with E-state index in [4.69, 9.17) is 9.52 Å². The van der Waals surface area contributed by atoms with Crippen molar-refractivity contribution in [3.8, 4) is 17.2 Å². The summed E-state index contributed by atoms with van der Waals surface area (Å²) < 4.78 is 34.4. The van der Waals surface area contributed by atoms with Crippen molar-refractivity contribution >= 4 is 5.97 Å². The third-order valence-electron chi connectivity index (χ3n) is 2.71. The standard InChI is InChI=1S/C14H13F2NO4/c1-2-5-9-11(13(18)19)21-12(17-9)8-6-3-4-7-10(8)20-14(15)16/h3-4,6-7,14H,2,5H2,1H3,(H,18,19). The molecule has 0 amide bonds. The van der Waals surface area contributed by atoms with Gasteiger partial charge in [-0.25, -0.2) is 9.78 Å². The number of aryl methyl sites for hydroxylation is 1. The highest BCUT2D eigenvalue weighted by molar-refractivity contribution is 5.86. The van der Waals surface area contributed by atoms with E-state index in [9.17, 15) is 13.6 Å². The number of hydrogen-bond donors (Lipinski definition) is 1. The lowest BCUT2D eigenvalue weighted by Crippen LogP contribution is -2.03. The summed E-state index contributed by atoms with van der Waals surface area (Å²) in [7, 11) is 0. The van der Waals surface area contributed by atoms with Crippen LogP contribution in [0.3, 0.4) is 0 Å². The molecule has 2 rings (SSSR count). The SMILES string of the molecule is CCCc1nc(-c2ccccc2OC(F)F)oc1C(=O)O. The summed E-state index contributed by atoms with van der Waals surface area (Å²) in [5.41, 5.74) is 0.467. The minimum Gasteiger partial charge on any atom is -0.475 e.